The van der Waals surface area contributed by atoms with Crippen LogP contribution in [-0.4, -0.2) is 28.2 Å². The minimum absolute atomic E-state index is 0.0530. The first-order chi connectivity index (χ1) is 31.9. The van der Waals surface area contributed by atoms with Gasteiger partial charge in [-0.25, -0.2) is 9.98 Å². The maximum atomic E-state index is 5.36. The monoisotopic (exact) mass is 834 g/mol. The van der Waals surface area contributed by atoms with Crippen molar-refractivity contribution in [3.63, 3.8) is 0 Å². The van der Waals surface area contributed by atoms with Crippen LogP contribution < -0.4 is 0 Å². The van der Waals surface area contributed by atoms with Crippen molar-refractivity contribution in [3.8, 4) is 50.2 Å². The van der Waals surface area contributed by atoms with Gasteiger partial charge < -0.3 is 9.47 Å². The van der Waals surface area contributed by atoms with Gasteiger partial charge in [-0.2, -0.15) is 0 Å². The molecule has 10 aromatic rings. The van der Waals surface area contributed by atoms with Crippen molar-refractivity contribution >= 4 is 33.5 Å². The second-order valence-corrected chi connectivity index (χ2v) is 17.9. The fourth-order valence-corrected chi connectivity index (χ4v) is 10.3. The molecule has 0 spiro atoms. The Hall–Kier alpha value is -8.08. The van der Waals surface area contributed by atoms with E-state index in [1.807, 2.05) is 0 Å². The molecule has 9 aromatic carbocycles. The summed E-state index contributed by atoms with van der Waals surface area (Å²) in [5.74, 6) is 1.59. The third-order valence-electron chi connectivity index (χ3n) is 13.7. The topological polar surface area (TPSA) is 32.9 Å². The number of benzene rings is 9. The molecule has 1 aliphatic heterocycles. The van der Waals surface area contributed by atoms with Crippen LogP contribution in [0.5, 0.6) is 0 Å². The molecule has 4 nitrogen and oxygen atoms in total. The van der Waals surface area contributed by atoms with E-state index in [0.717, 1.165) is 39.2 Å². The van der Waals surface area contributed by atoms with E-state index in [2.05, 4.69) is 249 Å². The first-order valence-corrected chi connectivity index (χ1v) is 22.5. The van der Waals surface area contributed by atoms with Crippen molar-refractivity contribution in [2.24, 2.45) is 9.98 Å². The van der Waals surface area contributed by atoms with Crippen LogP contribution in [0.1, 0.15) is 47.8 Å². The Morgan fingerprint density at radius 3 is 1.80 bits per heavy atom. The molecule has 2 aliphatic rings. The molecule has 1 atom stereocenters. The molecule has 0 fully saturated rings. The number of para-hydroxylation sites is 1. The van der Waals surface area contributed by atoms with Gasteiger partial charge >= 0.3 is 0 Å². The molecule has 1 aromatic heterocycles. The smallest absolute Gasteiger partial charge is 0.159 e. The Kier molecular flexibility index (Phi) is 9.09. The molecule has 0 radical (unpaired) electrons. The van der Waals surface area contributed by atoms with Gasteiger partial charge in [-0.1, -0.05) is 196 Å². The summed E-state index contributed by atoms with van der Waals surface area (Å²) in [6, 6.07) is 79.0. The Balaban J connectivity index is 0.943. The molecule has 12 rings (SSSR count). The quantitative estimate of drug-likeness (QED) is 0.157. The number of hydrogen-bond acceptors (Lipinski definition) is 3. The molecule has 310 valence electrons. The standard InChI is InChI=1S/C61H46N4/c1-61(2)54-26-12-10-24-50(54)51-34-32-46(38-55(51)61)44-20-14-21-45(36-44)47-33-35-53-52-25-11-13-27-56(52)65(57(53)39-47)49-23-15-22-48(37-49)58-62-59(42-18-8-5-9-19-42)64(3)60(63-58)43-30-28-41(29-31-43)40-16-6-4-7-17-40/h4-39,59H,1-3H3. The first-order valence-electron chi connectivity index (χ1n) is 22.5. The van der Waals surface area contributed by atoms with E-state index in [1.165, 1.54) is 66.4 Å². The van der Waals surface area contributed by atoms with Crippen molar-refractivity contribution in [2.75, 3.05) is 7.05 Å². The van der Waals surface area contributed by atoms with E-state index in [0.29, 0.717) is 5.84 Å². The highest BCUT2D eigenvalue weighted by atomic mass is 15.3. The molecule has 0 saturated heterocycles. The van der Waals surface area contributed by atoms with Crippen LogP contribution in [0.15, 0.2) is 228 Å². The molecule has 0 amide bonds. The molecule has 4 heteroatoms. The lowest BCUT2D eigenvalue weighted by molar-refractivity contribution is 0.383. The van der Waals surface area contributed by atoms with E-state index in [1.54, 1.807) is 0 Å². The summed E-state index contributed by atoms with van der Waals surface area (Å²) in [5.41, 5.74) is 19.1. The van der Waals surface area contributed by atoms with Gasteiger partial charge in [0.05, 0.1) is 11.0 Å². The van der Waals surface area contributed by atoms with Gasteiger partial charge in [0, 0.05) is 40.0 Å². The van der Waals surface area contributed by atoms with Crippen molar-refractivity contribution in [1.82, 2.24) is 9.47 Å². The highest BCUT2D eigenvalue weighted by Crippen LogP contribution is 2.49. The summed E-state index contributed by atoms with van der Waals surface area (Å²) < 4.78 is 2.40. The van der Waals surface area contributed by atoms with Gasteiger partial charge in [0.2, 0.25) is 0 Å². The summed E-state index contributed by atoms with van der Waals surface area (Å²) >= 11 is 0. The summed E-state index contributed by atoms with van der Waals surface area (Å²) in [5, 5.41) is 2.43. The van der Waals surface area contributed by atoms with E-state index < -0.39 is 0 Å². The fraction of sp³-hybridized carbons (Fsp3) is 0.0820. The zero-order valence-electron chi connectivity index (χ0n) is 36.7. The molecule has 0 saturated carbocycles. The molecule has 0 N–H and O–H groups in total. The SMILES string of the molecule is CN1C(c2ccc(-c3ccccc3)cc2)=NC(c2cccc(-n3c4ccccc4c4ccc(-c5cccc(-c6ccc7c(c6)C(C)(C)c6ccccc6-7)c5)cc43)c2)=NC1c1ccccc1. The van der Waals surface area contributed by atoms with Gasteiger partial charge in [0.25, 0.3) is 0 Å². The van der Waals surface area contributed by atoms with Crippen molar-refractivity contribution in [3.05, 3.63) is 246 Å². The second-order valence-electron chi connectivity index (χ2n) is 17.9. The normalized spacial score (nSPS) is 15.1. The minimum Gasteiger partial charge on any atom is -0.333 e. The van der Waals surface area contributed by atoms with E-state index in [9.17, 15) is 0 Å². The van der Waals surface area contributed by atoms with E-state index >= 15 is 0 Å². The highest BCUT2D eigenvalue weighted by molar-refractivity contribution is 6.14. The van der Waals surface area contributed by atoms with Crippen LogP contribution in [0.3, 0.4) is 0 Å². The maximum Gasteiger partial charge on any atom is 0.159 e. The number of amidine groups is 2. The van der Waals surface area contributed by atoms with E-state index in [4.69, 9.17) is 9.98 Å². The Morgan fingerprint density at radius 1 is 0.415 bits per heavy atom. The first kappa shape index (κ1) is 38.6. The number of rotatable bonds is 7. The average Bonchev–Trinajstić information content (AvgIpc) is 3.82. The van der Waals surface area contributed by atoms with Crippen molar-refractivity contribution in [2.45, 2.75) is 25.4 Å². The van der Waals surface area contributed by atoms with Crippen LogP contribution in [0.25, 0.3) is 72.0 Å². The maximum absolute atomic E-state index is 5.36. The third kappa shape index (κ3) is 6.52. The lowest BCUT2D eigenvalue weighted by atomic mass is 9.81. The number of aromatic nitrogens is 1. The minimum atomic E-state index is -0.248. The van der Waals surface area contributed by atoms with Gasteiger partial charge in [-0.05, 0) is 97.6 Å². The third-order valence-corrected chi connectivity index (χ3v) is 13.7. The molecular weight excluding hydrogens is 789 g/mol. The summed E-state index contributed by atoms with van der Waals surface area (Å²) in [6.45, 7) is 4.70. The molecule has 1 unspecified atom stereocenters. The lowest BCUT2D eigenvalue weighted by Gasteiger charge is -2.32. The predicted octanol–water partition coefficient (Wildman–Crippen LogP) is 14.9. The summed E-state index contributed by atoms with van der Waals surface area (Å²) in [4.78, 5) is 12.9. The second kappa shape index (κ2) is 15.3. The van der Waals surface area contributed by atoms with Crippen LogP contribution in [0, 0.1) is 0 Å². The molecule has 0 bridgehead atoms. The predicted molar refractivity (Wildman–Crippen MR) is 271 cm³/mol. The van der Waals surface area contributed by atoms with Gasteiger partial charge in [0.15, 0.2) is 5.84 Å². The number of nitrogens with zero attached hydrogens (tertiary/aromatic N) is 4. The number of fused-ring (bicyclic) bond motifs is 6. The van der Waals surface area contributed by atoms with E-state index in [-0.39, 0.29) is 11.6 Å². The zero-order valence-corrected chi connectivity index (χ0v) is 36.7. The Bertz CT molecular complexity index is 3520. The Labute approximate surface area is 380 Å². The summed E-state index contributed by atoms with van der Waals surface area (Å²) in [6.07, 6.45) is -0.248. The molecule has 65 heavy (non-hydrogen) atoms. The van der Waals surface area contributed by atoms with Crippen LogP contribution >= 0.6 is 0 Å². The molecule has 2 heterocycles. The summed E-state index contributed by atoms with van der Waals surface area (Å²) in [7, 11) is 2.09. The van der Waals surface area contributed by atoms with Crippen LogP contribution in [-0.2, 0) is 5.41 Å². The highest BCUT2D eigenvalue weighted by Gasteiger charge is 2.35. The van der Waals surface area contributed by atoms with Gasteiger partial charge in [-0.15, -0.1) is 0 Å². The average molecular weight is 835 g/mol. The van der Waals surface area contributed by atoms with Gasteiger partial charge in [-0.3, -0.25) is 0 Å². The largest absolute Gasteiger partial charge is 0.333 e. The van der Waals surface area contributed by atoms with Crippen molar-refractivity contribution < 1.29 is 0 Å². The lowest BCUT2D eigenvalue weighted by Crippen LogP contribution is -2.35. The van der Waals surface area contributed by atoms with Gasteiger partial charge in [0.1, 0.15) is 12.0 Å². The number of hydrogen-bond donors (Lipinski definition) is 0. The molecular formula is C61H46N4. The van der Waals surface area contributed by atoms with Crippen LogP contribution in [0.2, 0.25) is 0 Å². The van der Waals surface area contributed by atoms with Crippen LogP contribution in [0.4, 0.5) is 0 Å². The number of aliphatic imine (C=N–C) groups is 2. The van der Waals surface area contributed by atoms with Crippen molar-refractivity contribution in [1.29, 1.82) is 0 Å². The fourth-order valence-electron chi connectivity index (χ4n) is 10.3. The molecule has 1 aliphatic carbocycles. The zero-order chi connectivity index (χ0) is 43.6. The Morgan fingerprint density at radius 2 is 0.985 bits per heavy atom.